The number of benzene rings is 2. The molecule has 0 bridgehead atoms. The fourth-order valence-electron chi connectivity index (χ4n) is 4.24. The number of anilines is 1. The number of fused-ring (bicyclic) bond motifs is 1. The Morgan fingerprint density at radius 3 is 2.38 bits per heavy atom. The molecule has 34 heavy (non-hydrogen) atoms. The van der Waals surface area contributed by atoms with Crippen molar-refractivity contribution in [3.05, 3.63) is 60.3 Å². The number of nitrogens with one attached hydrogen (secondary N) is 1. The molecule has 4 rings (SSSR count). The van der Waals surface area contributed by atoms with E-state index in [4.69, 9.17) is 4.74 Å². The molecule has 1 saturated heterocycles. The fraction of sp³-hybridized carbons (Fsp3) is 0.400. The molecule has 0 radical (unpaired) electrons. The summed E-state index contributed by atoms with van der Waals surface area (Å²) < 4.78 is 35.3. The maximum Gasteiger partial charge on any atom is 0.255 e. The molecule has 8 nitrogen and oxygen atoms in total. The van der Waals surface area contributed by atoms with Crippen molar-refractivity contribution in [3.8, 4) is 0 Å². The maximum atomic E-state index is 13.0. The SMILES string of the molecule is CC1CN(S(=O)(=O)c2ccc(C(=O)Nc3ccc4c(ccn4CCN(C)C)c3)cc2)CC(C)O1. The lowest BCUT2D eigenvalue weighted by Gasteiger charge is -2.34. The molecule has 0 saturated carbocycles. The van der Waals surface area contributed by atoms with Gasteiger partial charge >= 0.3 is 0 Å². The number of ether oxygens (including phenoxy) is 1. The summed E-state index contributed by atoms with van der Waals surface area (Å²) in [7, 11) is 0.448. The van der Waals surface area contributed by atoms with Crippen LogP contribution in [0.5, 0.6) is 0 Å². The second-order valence-corrected chi connectivity index (χ2v) is 11.1. The van der Waals surface area contributed by atoms with Gasteiger partial charge in [0.05, 0.1) is 17.1 Å². The van der Waals surface area contributed by atoms with Gasteiger partial charge in [-0.3, -0.25) is 4.79 Å². The molecule has 2 aromatic carbocycles. The van der Waals surface area contributed by atoms with Gasteiger partial charge in [-0.2, -0.15) is 4.31 Å². The molecule has 9 heteroatoms. The molecule has 2 heterocycles. The number of hydrogen-bond acceptors (Lipinski definition) is 5. The number of likely N-dealkylation sites (N-methyl/N-ethyl adjacent to an activating group) is 1. The third-order valence-electron chi connectivity index (χ3n) is 5.96. The predicted octanol–water partition coefficient (Wildman–Crippen LogP) is 3.25. The molecule has 0 spiro atoms. The smallest absolute Gasteiger partial charge is 0.255 e. The zero-order valence-electron chi connectivity index (χ0n) is 20.1. The number of hydrogen-bond donors (Lipinski definition) is 1. The molecular formula is C25H32N4O4S. The minimum atomic E-state index is -3.65. The van der Waals surface area contributed by atoms with Gasteiger partial charge in [-0.25, -0.2) is 8.42 Å². The van der Waals surface area contributed by atoms with Gasteiger partial charge in [0.25, 0.3) is 5.91 Å². The quantitative estimate of drug-likeness (QED) is 0.557. The molecule has 182 valence electrons. The summed E-state index contributed by atoms with van der Waals surface area (Å²) in [6, 6.07) is 13.9. The first-order chi connectivity index (χ1) is 16.1. The van der Waals surface area contributed by atoms with Crippen molar-refractivity contribution in [1.29, 1.82) is 0 Å². The summed E-state index contributed by atoms with van der Waals surface area (Å²) >= 11 is 0. The Bertz CT molecular complexity index is 1260. The summed E-state index contributed by atoms with van der Waals surface area (Å²) in [5.41, 5.74) is 2.20. The highest BCUT2D eigenvalue weighted by molar-refractivity contribution is 7.89. The Labute approximate surface area is 201 Å². The summed E-state index contributed by atoms with van der Waals surface area (Å²) in [4.78, 5) is 15.1. The van der Waals surface area contributed by atoms with Gasteiger partial charge in [-0.1, -0.05) is 0 Å². The lowest BCUT2D eigenvalue weighted by molar-refractivity contribution is -0.0440. The first-order valence-corrected chi connectivity index (χ1v) is 12.9. The van der Waals surface area contributed by atoms with Crippen LogP contribution < -0.4 is 5.32 Å². The zero-order chi connectivity index (χ0) is 24.5. The van der Waals surface area contributed by atoms with Crippen molar-refractivity contribution in [3.63, 3.8) is 0 Å². The van der Waals surface area contributed by atoms with Crippen molar-refractivity contribution in [2.45, 2.75) is 37.5 Å². The lowest BCUT2D eigenvalue weighted by Crippen LogP contribution is -2.48. The minimum Gasteiger partial charge on any atom is -0.373 e. The topological polar surface area (TPSA) is 83.9 Å². The summed E-state index contributed by atoms with van der Waals surface area (Å²) in [6.07, 6.45) is 1.73. The highest BCUT2D eigenvalue weighted by Gasteiger charge is 2.32. The van der Waals surface area contributed by atoms with Gasteiger partial charge in [0, 0.05) is 54.5 Å². The van der Waals surface area contributed by atoms with E-state index in [-0.39, 0.29) is 23.0 Å². The zero-order valence-corrected chi connectivity index (χ0v) is 20.9. The van der Waals surface area contributed by atoms with Gasteiger partial charge in [0.1, 0.15) is 0 Å². The minimum absolute atomic E-state index is 0.161. The second-order valence-electron chi connectivity index (χ2n) is 9.14. The van der Waals surface area contributed by atoms with Crippen molar-refractivity contribution < 1.29 is 17.9 Å². The van der Waals surface area contributed by atoms with E-state index in [1.54, 1.807) is 12.1 Å². The highest BCUT2D eigenvalue weighted by Crippen LogP contribution is 2.23. The summed E-state index contributed by atoms with van der Waals surface area (Å²) in [5, 5.41) is 3.96. The van der Waals surface area contributed by atoms with Crippen LogP contribution in [0.25, 0.3) is 10.9 Å². The molecule has 1 aliphatic rings. The van der Waals surface area contributed by atoms with Crippen molar-refractivity contribution in [1.82, 2.24) is 13.8 Å². The van der Waals surface area contributed by atoms with Gasteiger partial charge in [-0.05, 0) is 76.5 Å². The van der Waals surface area contributed by atoms with E-state index in [9.17, 15) is 13.2 Å². The summed E-state index contributed by atoms with van der Waals surface area (Å²) in [5.74, 6) is -0.288. The van der Waals surface area contributed by atoms with Crippen LogP contribution in [0.1, 0.15) is 24.2 Å². The number of rotatable bonds is 7. The number of amides is 1. The molecule has 2 unspecified atom stereocenters. The molecule has 3 aromatic rings. The van der Waals surface area contributed by atoms with E-state index in [0.29, 0.717) is 24.3 Å². The third kappa shape index (κ3) is 5.33. The van der Waals surface area contributed by atoms with Crippen molar-refractivity contribution in [2.24, 2.45) is 0 Å². The fourth-order valence-corrected chi connectivity index (χ4v) is 5.83. The third-order valence-corrected chi connectivity index (χ3v) is 7.80. The Morgan fingerprint density at radius 2 is 1.74 bits per heavy atom. The number of aromatic nitrogens is 1. The number of sulfonamides is 1. The largest absolute Gasteiger partial charge is 0.373 e. The van der Waals surface area contributed by atoms with Crippen LogP contribution in [-0.2, 0) is 21.3 Å². The van der Waals surface area contributed by atoms with Gasteiger partial charge in [0.2, 0.25) is 10.0 Å². The molecule has 1 aromatic heterocycles. The van der Waals surface area contributed by atoms with Crippen LogP contribution in [0.15, 0.2) is 59.6 Å². The van der Waals surface area contributed by atoms with E-state index in [1.807, 2.05) is 52.2 Å². The van der Waals surface area contributed by atoms with Crippen LogP contribution >= 0.6 is 0 Å². The number of nitrogens with zero attached hydrogens (tertiary/aromatic N) is 3. The monoisotopic (exact) mass is 484 g/mol. The molecule has 1 N–H and O–H groups in total. The van der Waals surface area contributed by atoms with Crippen LogP contribution in [0, 0.1) is 0 Å². The standard InChI is InChI=1S/C25H32N4O4S/c1-18-16-29(17-19(2)33-18)34(31,32)23-8-5-20(6-9-23)25(30)26-22-7-10-24-21(15-22)11-12-28(24)14-13-27(3)4/h5-12,15,18-19H,13-14,16-17H2,1-4H3,(H,26,30). The van der Waals surface area contributed by atoms with E-state index in [0.717, 1.165) is 24.0 Å². The van der Waals surface area contributed by atoms with Crippen molar-refractivity contribution >= 4 is 32.5 Å². The summed E-state index contributed by atoms with van der Waals surface area (Å²) in [6.45, 7) is 6.18. The first kappa shape index (κ1) is 24.4. The maximum absolute atomic E-state index is 13.0. The van der Waals surface area contributed by atoms with Crippen LogP contribution in [0.4, 0.5) is 5.69 Å². The average molecular weight is 485 g/mol. The van der Waals surface area contributed by atoms with Gasteiger partial charge in [0.15, 0.2) is 0 Å². The number of carbonyl (C=O) groups is 1. The van der Waals surface area contributed by atoms with Gasteiger partial charge in [-0.15, -0.1) is 0 Å². The second kappa shape index (κ2) is 9.87. The molecule has 1 amide bonds. The average Bonchev–Trinajstić information content (AvgIpc) is 3.19. The Morgan fingerprint density at radius 1 is 1.06 bits per heavy atom. The van der Waals surface area contributed by atoms with Crippen molar-refractivity contribution in [2.75, 3.05) is 39.0 Å². The Balaban J connectivity index is 1.45. The molecule has 1 fully saturated rings. The lowest BCUT2D eigenvalue weighted by atomic mass is 10.2. The van der Waals surface area contributed by atoms with E-state index in [2.05, 4.69) is 21.0 Å². The number of carbonyl (C=O) groups excluding carboxylic acids is 1. The predicted molar refractivity (Wildman–Crippen MR) is 134 cm³/mol. The van der Waals surface area contributed by atoms with Crippen LogP contribution in [0.2, 0.25) is 0 Å². The highest BCUT2D eigenvalue weighted by atomic mass is 32.2. The molecule has 2 atom stereocenters. The van der Waals surface area contributed by atoms with Gasteiger partial charge < -0.3 is 19.5 Å². The molecule has 1 aliphatic heterocycles. The molecule has 0 aliphatic carbocycles. The van der Waals surface area contributed by atoms with E-state index < -0.39 is 10.0 Å². The van der Waals surface area contributed by atoms with E-state index >= 15 is 0 Å². The van der Waals surface area contributed by atoms with E-state index in [1.165, 1.54) is 16.4 Å². The first-order valence-electron chi connectivity index (χ1n) is 11.4. The van der Waals surface area contributed by atoms with Crippen LogP contribution in [0.3, 0.4) is 0 Å². The van der Waals surface area contributed by atoms with Crippen LogP contribution in [-0.4, -0.2) is 74.0 Å². The Kier molecular flexibility index (Phi) is 7.09. The Hall–Kier alpha value is -2.72. The molecular weight excluding hydrogens is 452 g/mol. The number of morpholine rings is 1. The normalized spacial score (nSPS) is 19.6.